The summed E-state index contributed by atoms with van der Waals surface area (Å²) in [6, 6.07) is 41.5. The van der Waals surface area contributed by atoms with Gasteiger partial charge in [-0.3, -0.25) is 14.4 Å². The van der Waals surface area contributed by atoms with Gasteiger partial charge in [0.25, 0.3) is 0 Å². The number of anilines is 2. The Hall–Kier alpha value is -5.00. The van der Waals surface area contributed by atoms with Gasteiger partial charge in [-0.05, 0) is 34.4 Å². The molecule has 2 amide bonds. The highest BCUT2D eigenvalue weighted by atomic mass is 35.5. The number of para-hydroxylation sites is 2. The molecule has 2 spiro atoms. The summed E-state index contributed by atoms with van der Waals surface area (Å²) < 4.78 is 0. The molecule has 0 N–H and O–H groups in total. The molecule has 5 aromatic carbocycles. The number of Topliss-reactive ketones (excluding diaryl/α,β-unsaturated/α-hetero) is 1. The van der Waals surface area contributed by atoms with E-state index in [4.69, 9.17) is 11.6 Å². The summed E-state index contributed by atoms with van der Waals surface area (Å²) in [5.41, 5.74) is 2.10. The molecule has 0 bridgehead atoms. The van der Waals surface area contributed by atoms with Crippen LogP contribution >= 0.6 is 11.6 Å². The Balaban J connectivity index is 1.37. The van der Waals surface area contributed by atoms with Gasteiger partial charge in [0, 0.05) is 11.3 Å². The van der Waals surface area contributed by atoms with Crippen molar-refractivity contribution >= 4 is 40.6 Å². The molecule has 2 aliphatic heterocycles. The molecule has 0 saturated heterocycles. The van der Waals surface area contributed by atoms with E-state index in [9.17, 15) is 4.79 Å². The fourth-order valence-corrected chi connectivity index (χ4v) is 8.09. The first-order chi connectivity index (χ1) is 21.5. The Morgan fingerprint density at radius 1 is 0.591 bits per heavy atom. The summed E-state index contributed by atoms with van der Waals surface area (Å²) in [5.74, 6) is -1.69. The topological polar surface area (TPSA) is 57.7 Å². The highest BCUT2D eigenvalue weighted by Crippen LogP contribution is 2.78. The van der Waals surface area contributed by atoms with Crippen molar-refractivity contribution in [3.63, 3.8) is 0 Å². The second kappa shape index (κ2) is 9.76. The highest BCUT2D eigenvalue weighted by molar-refractivity contribution is 6.37. The molecule has 2 heterocycles. The SMILES string of the molecule is O=C(c1ccccc1)[C@H]1[C@]2(C(=O)N(Cc3ccccc3)c3ccccc32)[C@@]12C(=O)N(Cc1ccccc1)c1c(Cl)cccc12. The van der Waals surface area contributed by atoms with Gasteiger partial charge in [-0.1, -0.05) is 133 Å². The molecule has 0 radical (unpaired) electrons. The second-order valence-corrected chi connectivity index (χ2v) is 12.1. The fraction of sp³-hybridized carbons (Fsp3) is 0.132. The van der Waals surface area contributed by atoms with Gasteiger partial charge in [0.1, 0.15) is 10.8 Å². The van der Waals surface area contributed by atoms with E-state index in [2.05, 4.69) is 0 Å². The number of carbonyl (C=O) groups excluding carboxylic acids is 3. The molecule has 44 heavy (non-hydrogen) atoms. The summed E-state index contributed by atoms with van der Waals surface area (Å²) in [7, 11) is 0. The van der Waals surface area contributed by atoms with Crippen molar-refractivity contribution in [1.29, 1.82) is 0 Å². The van der Waals surface area contributed by atoms with E-state index >= 15 is 9.59 Å². The lowest BCUT2D eigenvalue weighted by molar-refractivity contribution is -0.125. The second-order valence-electron chi connectivity index (χ2n) is 11.7. The van der Waals surface area contributed by atoms with Crippen LogP contribution in [-0.4, -0.2) is 17.6 Å². The number of rotatable bonds is 6. The molecule has 8 rings (SSSR count). The van der Waals surface area contributed by atoms with E-state index in [1.54, 1.807) is 28.0 Å². The molecule has 5 aromatic rings. The Morgan fingerprint density at radius 2 is 1.09 bits per heavy atom. The van der Waals surface area contributed by atoms with Crippen LogP contribution in [-0.2, 0) is 33.5 Å². The zero-order valence-corrected chi connectivity index (χ0v) is 24.4. The van der Waals surface area contributed by atoms with Crippen LogP contribution in [0, 0.1) is 5.92 Å². The van der Waals surface area contributed by atoms with Crippen molar-refractivity contribution in [2.45, 2.75) is 23.9 Å². The van der Waals surface area contributed by atoms with Gasteiger partial charge in [-0.25, -0.2) is 0 Å². The normalized spacial score (nSPS) is 22.9. The molecule has 3 aliphatic rings. The summed E-state index contributed by atoms with van der Waals surface area (Å²) in [5, 5.41) is 0.413. The monoisotopic (exact) mass is 594 g/mol. The first-order valence-electron chi connectivity index (χ1n) is 14.7. The maximum atomic E-state index is 15.2. The largest absolute Gasteiger partial charge is 0.307 e. The summed E-state index contributed by atoms with van der Waals surface area (Å²) >= 11 is 6.89. The van der Waals surface area contributed by atoms with E-state index in [1.165, 1.54) is 0 Å². The third-order valence-electron chi connectivity index (χ3n) is 9.56. The number of hydrogen-bond acceptors (Lipinski definition) is 3. The van der Waals surface area contributed by atoms with Crippen LogP contribution < -0.4 is 9.80 Å². The Bertz CT molecular complexity index is 1960. The highest BCUT2D eigenvalue weighted by Gasteiger charge is 2.92. The molecule has 0 unspecified atom stereocenters. The van der Waals surface area contributed by atoms with Crippen LogP contribution in [0.2, 0.25) is 5.02 Å². The number of benzene rings is 5. The van der Waals surface area contributed by atoms with Gasteiger partial charge in [0.2, 0.25) is 11.8 Å². The van der Waals surface area contributed by atoms with E-state index in [0.29, 0.717) is 33.9 Å². The average molecular weight is 595 g/mol. The minimum absolute atomic E-state index is 0.226. The van der Waals surface area contributed by atoms with Gasteiger partial charge >= 0.3 is 0 Å². The maximum Gasteiger partial charge on any atom is 0.240 e. The molecular weight excluding hydrogens is 568 g/mol. The molecule has 1 aliphatic carbocycles. The molecule has 0 aromatic heterocycles. The molecule has 6 heteroatoms. The number of amides is 2. The molecular formula is C38H27ClN2O3. The molecule has 214 valence electrons. The number of halogens is 1. The number of nitrogens with zero attached hydrogens (tertiary/aromatic N) is 2. The van der Waals surface area contributed by atoms with Crippen LogP contribution in [0.25, 0.3) is 0 Å². The van der Waals surface area contributed by atoms with Crippen LogP contribution in [0.1, 0.15) is 32.6 Å². The van der Waals surface area contributed by atoms with E-state index in [-0.39, 0.29) is 24.1 Å². The Labute approximate surface area is 260 Å². The standard InChI is InChI=1S/C38H27ClN2O3/c39-30-21-12-20-29-32(30)41(24-26-15-6-2-7-16-26)36(44)38(29)34(33(42)27-17-8-3-9-18-27)37(38)28-19-10-11-22-31(28)40(35(37)43)23-25-13-4-1-5-14-25/h1-22,34H,23-24H2/t34-,37+,38+/m0/s1. The molecule has 3 atom stereocenters. The van der Waals surface area contributed by atoms with Crippen molar-refractivity contribution in [3.8, 4) is 0 Å². The van der Waals surface area contributed by atoms with Crippen LogP contribution in [0.5, 0.6) is 0 Å². The lowest BCUT2D eigenvalue weighted by Crippen LogP contribution is -2.41. The zero-order valence-electron chi connectivity index (χ0n) is 23.7. The fourth-order valence-electron chi connectivity index (χ4n) is 7.81. The zero-order chi connectivity index (χ0) is 30.1. The molecule has 1 saturated carbocycles. The van der Waals surface area contributed by atoms with E-state index in [0.717, 1.165) is 16.8 Å². The minimum atomic E-state index is -1.45. The Morgan fingerprint density at radius 3 is 1.75 bits per heavy atom. The average Bonchev–Trinajstić information content (AvgIpc) is 3.55. The van der Waals surface area contributed by atoms with Crippen molar-refractivity contribution in [2.24, 2.45) is 5.92 Å². The number of fused-ring (bicyclic) bond motifs is 5. The van der Waals surface area contributed by atoms with Gasteiger partial charge in [0.15, 0.2) is 5.78 Å². The molecule has 1 fully saturated rings. The van der Waals surface area contributed by atoms with Gasteiger partial charge in [-0.15, -0.1) is 0 Å². The third-order valence-corrected chi connectivity index (χ3v) is 9.86. The van der Waals surface area contributed by atoms with Gasteiger partial charge < -0.3 is 9.80 Å². The van der Waals surface area contributed by atoms with E-state index < -0.39 is 16.7 Å². The summed E-state index contributed by atoms with van der Waals surface area (Å²) in [4.78, 5) is 48.4. The van der Waals surface area contributed by atoms with E-state index in [1.807, 2.05) is 115 Å². The van der Waals surface area contributed by atoms with Gasteiger partial charge in [0.05, 0.1) is 29.7 Å². The summed E-state index contributed by atoms with van der Waals surface area (Å²) in [6.07, 6.45) is 0. The number of ketones is 1. The van der Waals surface area contributed by atoms with Gasteiger partial charge in [-0.2, -0.15) is 0 Å². The molecule has 5 nitrogen and oxygen atoms in total. The quantitative estimate of drug-likeness (QED) is 0.197. The van der Waals surface area contributed by atoms with Crippen molar-refractivity contribution < 1.29 is 14.4 Å². The van der Waals surface area contributed by atoms with Crippen molar-refractivity contribution in [2.75, 3.05) is 9.80 Å². The number of carbonyl (C=O) groups is 3. The Kier molecular flexibility index (Phi) is 5.90. The predicted molar refractivity (Wildman–Crippen MR) is 171 cm³/mol. The van der Waals surface area contributed by atoms with Crippen molar-refractivity contribution in [3.05, 3.63) is 166 Å². The van der Waals surface area contributed by atoms with Crippen molar-refractivity contribution in [1.82, 2.24) is 0 Å². The van der Waals surface area contributed by atoms with Crippen LogP contribution in [0.3, 0.4) is 0 Å². The predicted octanol–water partition coefficient (Wildman–Crippen LogP) is 7.12. The lowest BCUT2D eigenvalue weighted by atomic mass is 9.83. The first kappa shape index (κ1) is 26.6. The number of hydrogen-bond donors (Lipinski definition) is 0. The lowest BCUT2D eigenvalue weighted by Gasteiger charge is -2.21. The minimum Gasteiger partial charge on any atom is -0.307 e. The smallest absolute Gasteiger partial charge is 0.240 e. The maximum absolute atomic E-state index is 15.2. The third kappa shape index (κ3) is 3.39. The summed E-state index contributed by atoms with van der Waals surface area (Å²) in [6.45, 7) is 0.592. The van der Waals surface area contributed by atoms with Crippen LogP contribution in [0.4, 0.5) is 11.4 Å². The first-order valence-corrected chi connectivity index (χ1v) is 15.1. The van der Waals surface area contributed by atoms with Crippen LogP contribution in [0.15, 0.2) is 133 Å².